The Hall–Kier alpha value is -2.80. The molecular formula is C26H36N2O4S. The van der Waals surface area contributed by atoms with Gasteiger partial charge < -0.3 is 10.2 Å². The number of rotatable bonds is 12. The van der Waals surface area contributed by atoms with Gasteiger partial charge in [-0.05, 0) is 76.6 Å². The van der Waals surface area contributed by atoms with Gasteiger partial charge in [0, 0.05) is 11.8 Å². The molecule has 0 unspecified atom stereocenters. The lowest BCUT2D eigenvalue weighted by Crippen LogP contribution is -2.16. The molecule has 0 aliphatic carbocycles. The van der Waals surface area contributed by atoms with E-state index in [-0.39, 0.29) is 22.6 Å². The number of aromatic hydroxyl groups is 2. The van der Waals surface area contributed by atoms with Crippen LogP contribution in [-0.2, 0) is 22.9 Å². The molecule has 7 heteroatoms. The third-order valence-electron chi connectivity index (χ3n) is 5.39. The van der Waals surface area contributed by atoms with Crippen LogP contribution in [0.3, 0.4) is 0 Å². The van der Waals surface area contributed by atoms with E-state index in [1.807, 2.05) is 13.0 Å². The summed E-state index contributed by atoms with van der Waals surface area (Å²) in [5.41, 5.74) is 3.29. The summed E-state index contributed by atoms with van der Waals surface area (Å²) in [6.07, 6.45) is 12.1. The van der Waals surface area contributed by atoms with Gasteiger partial charge >= 0.3 is 0 Å². The number of nitrogens with zero attached hydrogens (tertiary/aromatic N) is 1. The Balaban J connectivity index is 2.43. The average molecular weight is 473 g/mol. The molecule has 0 aliphatic rings. The number of sulfonamides is 1. The first-order valence-electron chi connectivity index (χ1n) is 11.4. The van der Waals surface area contributed by atoms with E-state index in [1.165, 1.54) is 17.8 Å². The van der Waals surface area contributed by atoms with Crippen LogP contribution >= 0.6 is 0 Å². The summed E-state index contributed by atoms with van der Waals surface area (Å²) in [6, 6.07) is 4.71. The monoisotopic (exact) mass is 472 g/mol. The standard InChI is InChI=1S/C26H36N2O4S/c1-5-6-7-12-21-17-24(29)23(15-14-20(4)11-8-10-19(2)3)25(30)26(21)33(31,32)28-22-13-9-16-27-18-22/h9-10,13-14,16-18,28-30H,5-8,11-12,15H2,1-4H3/b20-14+. The first-order chi connectivity index (χ1) is 15.7. The summed E-state index contributed by atoms with van der Waals surface area (Å²) >= 11 is 0. The minimum atomic E-state index is -4.09. The molecule has 0 saturated heterocycles. The normalized spacial score (nSPS) is 11.9. The highest BCUT2D eigenvalue weighted by molar-refractivity contribution is 7.92. The summed E-state index contributed by atoms with van der Waals surface area (Å²) in [5, 5.41) is 21.7. The van der Waals surface area contributed by atoms with Gasteiger partial charge in [0.25, 0.3) is 10.0 Å². The Bertz CT molecular complexity index is 1090. The van der Waals surface area contributed by atoms with Crippen LogP contribution in [0.5, 0.6) is 11.5 Å². The second kappa shape index (κ2) is 12.4. The van der Waals surface area contributed by atoms with Crippen molar-refractivity contribution in [2.45, 2.75) is 77.5 Å². The highest BCUT2D eigenvalue weighted by atomic mass is 32.2. The molecule has 0 spiro atoms. The van der Waals surface area contributed by atoms with Gasteiger partial charge in [0.2, 0.25) is 0 Å². The predicted octanol–water partition coefficient (Wildman–Crippen LogP) is 6.26. The second-order valence-corrected chi connectivity index (χ2v) is 10.2. The van der Waals surface area contributed by atoms with E-state index in [0.29, 0.717) is 17.7 Å². The number of allylic oxidation sites excluding steroid dienone is 4. The number of pyridine rings is 1. The van der Waals surface area contributed by atoms with Gasteiger partial charge in [-0.3, -0.25) is 9.71 Å². The van der Waals surface area contributed by atoms with Gasteiger partial charge in [0.05, 0.1) is 11.9 Å². The Labute approximate surface area is 198 Å². The van der Waals surface area contributed by atoms with Crippen molar-refractivity contribution in [2.75, 3.05) is 4.72 Å². The minimum Gasteiger partial charge on any atom is -0.508 e. The van der Waals surface area contributed by atoms with Crippen molar-refractivity contribution in [1.29, 1.82) is 0 Å². The van der Waals surface area contributed by atoms with Crippen molar-refractivity contribution in [3.8, 4) is 11.5 Å². The maximum Gasteiger partial charge on any atom is 0.265 e. The molecule has 6 nitrogen and oxygen atoms in total. The van der Waals surface area contributed by atoms with Crippen molar-refractivity contribution in [3.05, 3.63) is 65.0 Å². The molecule has 2 aromatic rings. The fourth-order valence-corrected chi connectivity index (χ4v) is 4.99. The van der Waals surface area contributed by atoms with E-state index in [9.17, 15) is 18.6 Å². The van der Waals surface area contributed by atoms with Crippen molar-refractivity contribution in [1.82, 2.24) is 4.98 Å². The number of hydrogen-bond donors (Lipinski definition) is 3. The molecule has 0 fully saturated rings. The van der Waals surface area contributed by atoms with Gasteiger partial charge in [-0.1, -0.05) is 43.1 Å². The summed E-state index contributed by atoms with van der Waals surface area (Å²) in [6.45, 7) is 8.16. The molecule has 1 heterocycles. The highest BCUT2D eigenvalue weighted by Gasteiger charge is 2.27. The van der Waals surface area contributed by atoms with E-state index >= 15 is 0 Å². The summed E-state index contributed by atoms with van der Waals surface area (Å²) in [7, 11) is -4.09. The number of aromatic nitrogens is 1. The molecule has 0 aliphatic heterocycles. The molecule has 0 bridgehead atoms. The smallest absolute Gasteiger partial charge is 0.265 e. The third-order valence-corrected chi connectivity index (χ3v) is 6.89. The first-order valence-corrected chi connectivity index (χ1v) is 12.9. The fourth-order valence-electron chi connectivity index (χ4n) is 3.58. The quantitative estimate of drug-likeness (QED) is 0.250. The number of hydrogen-bond acceptors (Lipinski definition) is 5. The van der Waals surface area contributed by atoms with Crippen LogP contribution in [0.1, 0.15) is 70.9 Å². The van der Waals surface area contributed by atoms with Gasteiger partial charge in [-0.15, -0.1) is 0 Å². The number of aryl methyl sites for hydroxylation is 1. The molecular weight excluding hydrogens is 436 g/mol. The van der Waals surface area contributed by atoms with Crippen molar-refractivity contribution < 1.29 is 18.6 Å². The minimum absolute atomic E-state index is 0.0901. The van der Waals surface area contributed by atoms with E-state index in [1.54, 1.807) is 18.3 Å². The van der Waals surface area contributed by atoms with Crippen molar-refractivity contribution in [3.63, 3.8) is 0 Å². The number of phenolic OH excluding ortho intramolecular Hbond substituents is 2. The zero-order valence-corrected chi connectivity index (χ0v) is 20.9. The molecule has 0 radical (unpaired) electrons. The van der Waals surface area contributed by atoms with Gasteiger partial charge in [0.1, 0.15) is 16.4 Å². The SMILES string of the molecule is CCCCCc1cc(O)c(C/C=C(\C)CCC=C(C)C)c(O)c1S(=O)(=O)Nc1cccnc1. The van der Waals surface area contributed by atoms with Gasteiger partial charge in [-0.2, -0.15) is 0 Å². The lowest BCUT2D eigenvalue weighted by molar-refractivity contribution is 0.427. The van der Waals surface area contributed by atoms with E-state index < -0.39 is 15.8 Å². The van der Waals surface area contributed by atoms with Crippen LogP contribution in [0.2, 0.25) is 0 Å². The van der Waals surface area contributed by atoms with Gasteiger partial charge in [0.15, 0.2) is 0 Å². The largest absolute Gasteiger partial charge is 0.508 e. The van der Waals surface area contributed by atoms with E-state index in [2.05, 4.69) is 36.6 Å². The first kappa shape index (κ1) is 26.5. The number of anilines is 1. The molecule has 1 aromatic heterocycles. The van der Waals surface area contributed by atoms with Crippen LogP contribution in [0, 0.1) is 0 Å². The number of nitrogens with one attached hydrogen (secondary N) is 1. The molecule has 3 N–H and O–H groups in total. The van der Waals surface area contributed by atoms with Crippen LogP contribution in [0.15, 0.2) is 58.8 Å². The lowest BCUT2D eigenvalue weighted by Gasteiger charge is -2.17. The van der Waals surface area contributed by atoms with Crippen molar-refractivity contribution in [2.24, 2.45) is 0 Å². The number of unbranched alkanes of at least 4 members (excludes halogenated alkanes) is 2. The summed E-state index contributed by atoms with van der Waals surface area (Å²) in [4.78, 5) is 3.77. The molecule has 33 heavy (non-hydrogen) atoms. The summed E-state index contributed by atoms with van der Waals surface area (Å²) < 4.78 is 29.1. The molecule has 0 amide bonds. The van der Waals surface area contributed by atoms with Gasteiger partial charge in [-0.25, -0.2) is 8.42 Å². The molecule has 0 atom stereocenters. The molecule has 180 valence electrons. The van der Waals surface area contributed by atoms with Crippen LogP contribution in [-0.4, -0.2) is 23.6 Å². The maximum absolute atomic E-state index is 13.3. The van der Waals surface area contributed by atoms with E-state index in [0.717, 1.165) is 37.7 Å². The Kier molecular flexibility index (Phi) is 9.97. The molecule has 2 rings (SSSR count). The molecule has 1 aromatic carbocycles. The zero-order valence-electron chi connectivity index (χ0n) is 20.1. The van der Waals surface area contributed by atoms with Crippen LogP contribution < -0.4 is 4.72 Å². The lowest BCUT2D eigenvalue weighted by atomic mass is 10.00. The van der Waals surface area contributed by atoms with Crippen molar-refractivity contribution >= 4 is 15.7 Å². The molecule has 0 saturated carbocycles. The Morgan fingerprint density at radius 1 is 1.15 bits per heavy atom. The Morgan fingerprint density at radius 3 is 2.55 bits per heavy atom. The Morgan fingerprint density at radius 2 is 1.91 bits per heavy atom. The highest BCUT2D eigenvalue weighted by Crippen LogP contribution is 2.39. The van der Waals surface area contributed by atoms with Crippen LogP contribution in [0.25, 0.3) is 0 Å². The fraction of sp³-hybridized carbons (Fsp3) is 0.423. The summed E-state index contributed by atoms with van der Waals surface area (Å²) in [5.74, 6) is -0.487. The predicted molar refractivity (Wildman–Crippen MR) is 134 cm³/mol. The number of benzene rings is 1. The van der Waals surface area contributed by atoms with Crippen LogP contribution in [0.4, 0.5) is 5.69 Å². The topological polar surface area (TPSA) is 99.5 Å². The zero-order chi connectivity index (χ0) is 24.4. The maximum atomic E-state index is 13.3. The third kappa shape index (κ3) is 7.93. The average Bonchev–Trinajstić information content (AvgIpc) is 2.73. The number of phenols is 2. The van der Waals surface area contributed by atoms with E-state index in [4.69, 9.17) is 0 Å². The second-order valence-electron chi connectivity index (χ2n) is 8.59.